The van der Waals surface area contributed by atoms with E-state index in [1.807, 2.05) is 0 Å². The molecular formula is C22H22O10. The number of ether oxygens (including phenoxy) is 3. The Morgan fingerprint density at radius 1 is 1.00 bits per heavy atom. The predicted molar refractivity (Wildman–Crippen MR) is 111 cm³/mol. The Morgan fingerprint density at radius 2 is 1.72 bits per heavy atom. The number of benzene rings is 2. The highest BCUT2D eigenvalue weighted by Crippen LogP contribution is 2.37. The lowest BCUT2D eigenvalue weighted by atomic mass is 9.99. The van der Waals surface area contributed by atoms with E-state index in [2.05, 4.69) is 0 Å². The third-order valence-corrected chi connectivity index (χ3v) is 5.36. The highest BCUT2D eigenvalue weighted by molar-refractivity contribution is 5.88. The number of hydrogen-bond donors (Lipinski definition) is 5. The number of aliphatic hydroxyl groups is 4. The molecule has 1 aliphatic rings. The summed E-state index contributed by atoms with van der Waals surface area (Å²) in [5, 5.41) is 49.8. The number of aliphatic hydroxyl groups excluding tert-OH is 4. The molecule has 10 nitrogen and oxygen atoms in total. The molecule has 0 aliphatic carbocycles. The minimum atomic E-state index is -1.70. The second-order valence-electron chi connectivity index (χ2n) is 7.31. The number of fused-ring (bicyclic) bond motifs is 1. The third kappa shape index (κ3) is 3.78. The normalized spacial score (nSPS) is 25.6. The zero-order valence-electron chi connectivity index (χ0n) is 16.9. The van der Waals surface area contributed by atoms with Crippen molar-refractivity contribution in [3.05, 3.63) is 52.9 Å². The first kappa shape index (κ1) is 22.1. The van der Waals surface area contributed by atoms with Crippen molar-refractivity contribution in [3.8, 4) is 28.4 Å². The highest BCUT2D eigenvalue weighted by Gasteiger charge is 2.45. The van der Waals surface area contributed by atoms with Gasteiger partial charge in [0.15, 0.2) is 11.3 Å². The van der Waals surface area contributed by atoms with Crippen LogP contribution in [0.15, 0.2) is 51.9 Å². The van der Waals surface area contributed by atoms with Gasteiger partial charge in [-0.1, -0.05) is 12.1 Å². The second-order valence-corrected chi connectivity index (χ2v) is 7.31. The summed E-state index contributed by atoms with van der Waals surface area (Å²) < 4.78 is 21.6. The lowest BCUT2D eigenvalue weighted by molar-refractivity contribution is -0.277. The topological polar surface area (TPSA) is 159 Å². The number of phenols is 1. The lowest BCUT2D eigenvalue weighted by Crippen LogP contribution is -2.60. The van der Waals surface area contributed by atoms with E-state index in [-0.39, 0.29) is 22.3 Å². The molecule has 2 heterocycles. The standard InChI is InChI=1S/C22H22O10/c1-29-11-4-2-10(3-5-11)13-9-30-20-12(16(13)25)6-7-14(24)21(20)32-22-19(28)18(27)17(26)15(8-23)31-22/h2-7,9,15,17-19,22-24,26-28H,8H2,1H3/t15-,17+,18-,19-,22-/m0/s1. The number of methoxy groups -OCH3 is 1. The molecule has 170 valence electrons. The zero-order chi connectivity index (χ0) is 23.0. The summed E-state index contributed by atoms with van der Waals surface area (Å²) in [7, 11) is 1.53. The molecule has 1 fully saturated rings. The van der Waals surface area contributed by atoms with Gasteiger partial charge in [0.2, 0.25) is 17.5 Å². The van der Waals surface area contributed by atoms with Crippen LogP contribution in [0.1, 0.15) is 0 Å². The van der Waals surface area contributed by atoms with E-state index in [9.17, 15) is 30.3 Å². The Balaban J connectivity index is 1.73. The van der Waals surface area contributed by atoms with Crippen molar-refractivity contribution in [2.45, 2.75) is 30.7 Å². The average molecular weight is 446 g/mol. The van der Waals surface area contributed by atoms with Crippen LogP contribution in [0.4, 0.5) is 0 Å². The average Bonchev–Trinajstić information content (AvgIpc) is 2.81. The molecule has 0 radical (unpaired) electrons. The number of phenolic OH excluding ortho intramolecular Hbond substituents is 1. The summed E-state index contributed by atoms with van der Waals surface area (Å²) in [6.07, 6.45) is -6.49. The Hall–Kier alpha value is -3.15. The molecule has 1 saturated heterocycles. The summed E-state index contributed by atoms with van der Waals surface area (Å²) in [6.45, 7) is -0.646. The lowest BCUT2D eigenvalue weighted by Gasteiger charge is -2.39. The summed E-state index contributed by atoms with van der Waals surface area (Å²) in [6, 6.07) is 9.37. The Bertz CT molecular complexity index is 1150. The Labute approximate surface area is 181 Å². The smallest absolute Gasteiger partial charge is 0.229 e. The summed E-state index contributed by atoms with van der Waals surface area (Å²) in [5.74, 6) is -0.0842. The maximum Gasteiger partial charge on any atom is 0.229 e. The van der Waals surface area contributed by atoms with Crippen LogP contribution >= 0.6 is 0 Å². The van der Waals surface area contributed by atoms with Gasteiger partial charge in [0.05, 0.1) is 24.7 Å². The minimum Gasteiger partial charge on any atom is -0.504 e. The van der Waals surface area contributed by atoms with Gasteiger partial charge in [0, 0.05) is 0 Å². The molecular weight excluding hydrogens is 424 g/mol. The van der Waals surface area contributed by atoms with Crippen LogP contribution in [0, 0.1) is 0 Å². The fourth-order valence-corrected chi connectivity index (χ4v) is 3.53. The Kier molecular flexibility index (Phi) is 6.04. The zero-order valence-corrected chi connectivity index (χ0v) is 16.9. The first-order valence-corrected chi connectivity index (χ1v) is 9.74. The molecule has 10 heteroatoms. The summed E-state index contributed by atoms with van der Waals surface area (Å²) >= 11 is 0. The molecule has 0 spiro atoms. The van der Waals surface area contributed by atoms with Gasteiger partial charge in [0.25, 0.3) is 0 Å². The van der Waals surface area contributed by atoms with E-state index in [0.29, 0.717) is 11.3 Å². The van der Waals surface area contributed by atoms with Gasteiger partial charge in [-0.15, -0.1) is 0 Å². The quantitative estimate of drug-likeness (QED) is 0.370. The Morgan fingerprint density at radius 3 is 2.38 bits per heavy atom. The molecule has 4 rings (SSSR count). The SMILES string of the molecule is COc1ccc(-c2coc3c(O[C@@H]4O[C@@H](CO)[C@@H](O)[C@H](O)[C@@H]4O)c(O)ccc3c2=O)cc1. The molecule has 2 aromatic carbocycles. The van der Waals surface area contributed by atoms with Crippen LogP contribution in [0.5, 0.6) is 17.2 Å². The van der Waals surface area contributed by atoms with Crippen molar-refractivity contribution in [1.29, 1.82) is 0 Å². The van der Waals surface area contributed by atoms with E-state index >= 15 is 0 Å². The van der Waals surface area contributed by atoms with Gasteiger partial charge in [-0.2, -0.15) is 0 Å². The minimum absolute atomic E-state index is 0.0932. The fourth-order valence-electron chi connectivity index (χ4n) is 3.53. The second kappa shape index (κ2) is 8.77. The maximum absolute atomic E-state index is 13.1. The van der Waals surface area contributed by atoms with Crippen LogP contribution in [-0.2, 0) is 4.74 Å². The van der Waals surface area contributed by atoms with Gasteiger partial charge in [-0.3, -0.25) is 4.79 Å². The first-order valence-electron chi connectivity index (χ1n) is 9.74. The third-order valence-electron chi connectivity index (χ3n) is 5.36. The van der Waals surface area contributed by atoms with Crippen LogP contribution in [0.3, 0.4) is 0 Å². The van der Waals surface area contributed by atoms with Crippen molar-refractivity contribution in [1.82, 2.24) is 0 Å². The predicted octanol–water partition coefficient (Wildman–Crippen LogP) is 0.353. The van der Waals surface area contributed by atoms with Crippen molar-refractivity contribution < 1.29 is 44.2 Å². The molecule has 3 aromatic rings. The number of hydrogen-bond acceptors (Lipinski definition) is 10. The van der Waals surface area contributed by atoms with Crippen LogP contribution in [-0.4, -0.2) is 70.0 Å². The molecule has 5 atom stereocenters. The molecule has 0 unspecified atom stereocenters. The van der Waals surface area contributed by atoms with E-state index in [1.54, 1.807) is 24.3 Å². The van der Waals surface area contributed by atoms with Gasteiger partial charge in [0.1, 0.15) is 36.4 Å². The molecule has 1 aromatic heterocycles. The van der Waals surface area contributed by atoms with Crippen LogP contribution in [0.25, 0.3) is 22.1 Å². The van der Waals surface area contributed by atoms with E-state index in [4.69, 9.17) is 18.6 Å². The first-order chi connectivity index (χ1) is 15.3. The van der Waals surface area contributed by atoms with Gasteiger partial charge >= 0.3 is 0 Å². The molecule has 32 heavy (non-hydrogen) atoms. The van der Waals surface area contributed by atoms with E-state index < -0.39 is 48.5 Å². The van der Waals surface area contributed by atoms with Crippen molar-refractivity contribution >= 4 is 11.0 Å². The number of rotatable bonds is 5. The molecule has 1 aliphatic heterocycles. The van der Waals surface area contributed by atoms with Crippen molar-refractivity contribution in [3.63, 3.8) is 0 Å². The summed E-state index contributed by atoms with van der Waals surface area (Å²) in [4.78, 5) is 13.1. The molecule has 0 bridgehead atoms. The fraction of sp³-hybridized carbons (Fsp3) is 0.318. The molecule has 0 amide bonds. The van der Waals surface area contributed by atoms with E-state index in [0.717, 1.165) is 0 Å². The van der Waals surface area contributed by atoms with Crippen molar-refractivity contribution in [2.75, 3.05) is 13.7 Å². The largest absolute Gasteiger partial charge is 0.504 e. The van der Waals surface area contributed by atoms with Gasteiger partial charge in [-0.25, -0.2) is 0 Å². The molecule has 0 saturated carbocycles. The maximum atomic E-state index is 13.1. The van der Waals surface area contributed by atoms with Gasteiger partial charge in [-0.05, 0) is 29.8 Å². The monoisotopic (exact) mass is 446 g/mol. The number of aromatic hydroxyl groups is 1. The van der Waals surface area contributed by atoms with E-state index in [1.165, 1.54) is 25.5 Å². The van der Waals surface area contributed by atoms with Gasteiger partial charge < -0.3 is 44.2 Å². The summed E-state index contributed by atoms with van der Waals surface area (Å²) in [5.41, 5.74) is 0.356. The van der Waals surface area contributed by atoms with Crippen molar-refractivity contribution in [2.24, 2.45) is 0 Å². The highest BCUT2D eigenvalue weighted by atomic mass is 16.7. The molecule has 5 N–H and O–H groups in total. The van der Waals surface area contributed by atoms with Crippen LogP contribution in [0.2, 0.25) is 0 Å². The van der Waals surface area contributed by atoms with Crippen LogP contribution < -0.4 is 14.9 Å².